The van der Waals surface area contributed by atoms with Gasteiger partial charge in [0, 0.05) is 12.7 Å². The molecule has 29 heavy (non-hydrogen) atoms. The number of ether oxygens (including phenoxy) is 1. The number of carbonyl (C=O) groups is 1. The van der Waals surface area contributed by atoms with E-state index in [0.717, 1.165) is 16.3 Å². The smallest absolute Gasteiger partial charge is 0.287 e. The monoisotopic (exact) mass is 387 g/mol. The first kappa shape index (κ1) is 18.8. The molecule has 1 heterocycles. The third-order valence-electron chi connectivity index (χ3n) is 4.82. The molecule has 0 saturated carbocycles. The lowest BCUT2D eigenvalue weighted by Crippen LogP contribution is -2.29. The number of phenols is 1. The molecule has 5 nitrogen and oxygen atoms in total. The van der Waals surface area contributed by atoms with Crippen LogP contribution in [0, 0.1) is 0 Å². The van der Waals surface area contributed by atoms with Crippen LogP contribution in [0.5, 0.6) is 5.75 Å². The van der Waals surface area contributed by atoms with Gasteiger partial charge in [-0.25, -0.2) is 0 Å². The summed E-state index contributed by atoms with van der Waals surface area (Å²) in [4.78, 5) is 12.9. The summed E-state index contributed by atoms with van der Waals surface area (Å²) in [5, 5.41) is 15.6. The van der Waals surface area contributed by atoms with E-state index in [4.69, 9.17) is 9.15 Å². The topological polar surface area (TPSA) is 71.7 Å². The summed E-state index contributed by atoms with van der Waals surface area (Å²) in [7, 11) is 1.57. The third-order valence-corrected chi connectivity index (χ3v) is 4.82. The van der Waals surface area contributed by atoms with Crippen LogP contribution in [-0.2, 0) is 11.3 Å². The maximum Gasteiger partial charge on any atom is 0.287 e. The van der Waals surface area contributed by atoms with Gasteiger partial charge in [-0.3, -0.25) is 4.79 Å². The van der Waals surface area contributed by atoms with Crippen LogP contribution in [0.1, 0.15) is 33.5 Å². The van der Waals surface area contributed by atoms with Gasteiger partial charge < -0.3 is 19.6 Å². The number of benzene rings is 3. The second kappa shape index (κ2) is 8.20. The minimum absolute atomic E-state index is 0.123. The Balaban J connectivity index is 1.78. The fourth-order valence-corrected chi connectivity index (χ4v) is 3.48. The number of nitrogens with one attached hydrogen (secondary N) is 1. The standard InChI is InChI=1S/C24H21NO4/c1-28-15-18-12-14-21(29-18)24(27)25-23(17-8-3-2-4-9-17)22-19-10-6-5-7-16(19)11-13-20(22)26/h2-14,23,26H,15H2,1H3,(H,25,27). The second-order valence-corrected chi connectivity index (χ2v) is 6.74. The number of fused-ring (bicyclic) bond motifs is 1. The van der Waals surface area contributed by atoms with Crippen LogP contribution >= 0.6 is 0 Å². The summed E-state index contributed by atoms with van der Waals surface area (Å²) in [6.45, 7) is 0.291. The first-order valence-electron chi connectivity index (χ1n) is 9.31. The van der Waals surface area contributed by atoms with Crippen LogP contribution in [0.15, 0.2) is 83.3 Å². The van der Waals surface area contributed by atoms with E-state index in [9.17, 15) is 9.90 Å². The van der Waals surface area contributed by atoms with Crippen molar-refractivity contribution in [3.63, 3.8) is 0 Å². The molecule has 4 rings (SSSR count). The van der Waals surface area contributed by atoms with Crippen molar-refractivity contribution in [2.75, 3.05) is 7.11 Å². The van der Waals surface area contributed by atoms with Gasteiger partial charge in [-0.1, -0.05) is 60.7 Å². The van der Waals surface area contributed by atoms with Crippen molar-refractivity contribution in [1.29, 1.82) is 0 Å². The quantitative estimate of drug-likeness (QED) is 0.498. The van der Waals surface area contributed by atoms with Crippen molar-refractivity contribution >= 4 is 16.7 Å². The number of aromatic hydroxyl groups is 1. The maximum atomic E-state index is 12.9. The molecule has 0 saturated heterocycles. The number of phenolic OH excluding ortho intramolecular Hbond substituents is 1. The van der Waals surface area contributed by atoms with Gasteiger partial charge in [-0.15, -0.1) is 0 Å². The van der Waals surface area contributed by atoms with Crippen LogP contribution in [0.3, 0.4) is 0 Å². The van der Waals surface area contributed by atoms with E-state index < -0.39 is 6.04 Å². The lowest BCUT2D eigenvalue weighted by molar-refractivity contribution is 0.0906. The van der Waals surface area contributed by atoms with E-state index in [0.29, 0.717) is 17.9 Å². The highest BCUT2D eigenvalue weighted by molar-refractivity contribution is 5.94. The molecule has 3 aromatic carbocycles. The molecule has 0 bridgehead atoms. The average Bonchev–Trinajstić information content (AvgIpc) is 3.22. The Morgan fingerprint density at radius 2 is 1.76 bits per heavy atom. The van der Waals surface area contributed by atoms with Crippen LogP contribution < -0.4 is 5.32 Å². The van der Waals surface area contributed by atoms with Crippen LogP contribution in [-0.4, -0.2) is 18.1 Å². The molecular weight excluding hydrogens is 366 g/mol. The van der Waals surface area contributed by atoms with E-state index in [2.05, 4.69) is 5.32 Å². The van der Waals surface area contributed by atoms with Gasteiger partial charge in [0.1, 0.15) is 18.1 Å². The highest BCUT2D eigenvalue weighted by Gasteiger charge is 2.24. The summed E-state index contributed by atoms with van der Waals surface area (Å²) >= 11 is 0. The Labute approximate surface area is 168 Å². The molecule has 0 fully saturated rings. The normalized spacial score (nSPS) is 12.0. The average molecular weight is 387 g/mol. The zero-order valence-electron chi connectivity index (χ0n) is 16.0. The summed E-state index contributed by atoms with van der Waals surface area (Å²) in [5.74, 6) is 0.519. The Kier molecular flexibility index (Phi) is 5.31. The van der Waals surface area contributed by atoms with Gasteiger partial charge in [-0.05, 0) is 34.5 Å². The number of hydrogen-bond acceptors (Lipinski definition) is 4. The molecule has 0 aliphatic rings. The van der Waals surface area contributed by atoms with Gasteiger partial charge in [0.15, 0.2) is 5.76 Å². The number of hydrogen-bond donors (Lipinski definition) is 2. The van der Waals surface area contributed by atoms with Crippen LogP contribution in [0.2, 0.25) is 0 Å². The minimum atomic E-state index is -0.550. The fraction of sp³-hybridized carbons (Fsp3) is 0.125. The van der Waals surface area contributed by atoms with Crippen molar-refractivity contribution < 1.29 is 19.1 Å². The number of rotatable bonds is 6. The first-order valence-corrected chi connectivity index (χ1v) is 9.31. The largest absolute Gasteiger partial charge is 0.508 e. The Hall–Kier alpha value is -3.57. The number of carbonyl (C=O) groups excluding carboxylic acids is 1. The Bertz CT molecular complexity index is 1130. The van der Waals surface area contributed by atoms with Crippen molar-refractivity contribution in [2.45, 2.75) is 12.6 Å². The zero-order valence-corrected chi connectivity index (χ0v) is 16.0. The van der Waals surface area contributed by atoms with E-state index >= 15 is 0 Å². The lowest BCUT2D eigenvalue weighted by Gasteiger charge is -2.22. The summed E-state index contributed by atoms with van der Waals surface area (Å²) in [6, 6.07) is 23.6. The highest BCUT2D eigenvalue weighted by Crippen LogP contribution is 2.36. The van der Waals surface area contributed by atoms with Gasteiger partial charge in [0.05, 0.1) is 6.04 Å². The highest BCUT2D eigenvalue weighted by atomic mass is 16.5. The molecule has 0 aliphatic heterocycles. The molecule has 1 unspecified atom stereocenters. The lowest BCUT2D eigenvalue weighted by atomic mass is 9.92. The van der Waals surface area contributed by atoms with E-state index in [1.165, 1.54) is 0 Å². The third kappa shape index (κ3) is 3.86. The predicted octanol–water partition coefficient (Wildman–Crippen LogP) is 4.80. The molecule has 1 aromatic heterocycles. The number of methoxy groups -OCH3 is 1. The van der Waals surface area contributed by atoms with Crippen molar-refractivity contribution in [3.8, 4) is 5.75 Å². The van der Waals surface area contributed by atoms with Crippen molar-refractivity contribution in [3.05, 3.63) is 102 Å². The Morgan fingerprint density at radius 3 is 2.55 bits per heavy atom. The van der Waals surface area contributed by atoms with Gasteiger partial charge in [0.2, 0.25) is 0 Å². The van der Waals surface area contributed by atoms with E-state index in [1.54, 1.807) is 25.3 Å². The molecule has 146 valence electrons. The number of furan rings is 1. The molecule has 0 spiro atoms. The summed E-state index contributed by atoms with van der Waals surface area (Å²) in [5.41, 5.74) is 1.50. The first-order chi connectivity index (χ1) is 14.2. The molecule has 2 N–H and O–H groups in total. The van der Waals surface area contributed by atoms with Gasteiger partial charge in [-0.2, -0.15) is 0 Å². The molecular formula is C24H21NO4. The minimum Gasteiger partial charge on any atom is -0.508 e. The second-order valence-electron chi connectivity index (χ2n) is 6.74. The van der Waals surface area contributed by atoms with Gasteiger partial charge in [0.25, 0.3) is 5.91 Å². The fourth-order valence-electron chi connectivity index (χ4n) is 3.48. The van der Waals surface area contributed by atoms with Crippen molar-refractivity contribution in [2.24, 2.45) is 0 Å². The molecule has 0 radical (unpaired) electrons. The van der Waals surface area contributed by atoms with Gasteiger partial charge >= 0.3 is 0 Å². The molecule has 0 aliphatic carbocycles. The van der Waals surface area contributed by atoms with Crippen LogP contribution in [0.4, 0.5) is 0 Å². The SMILES string of the molecule is COCc1ccc(C(=O)NC(c2ccccc2)c2c(O)ccc3ccccc23)o1. The van der Waals surface area contributed by atoms with E-state index in [-0.39, 0.29) is 17.4 Å². The molecule has 1 atom stereocenters. The Morgan fingerprint density at radius 1 is 1.00 bits per heavy atom. The molecule has 5 heteroatoms. The van der Waals surface area contributed by atoms with Crippen LogP contribution in [0.25, 0.3) is 10.8 Å². The van der Waals surface area contributed by atoms with Crippen molar-refractivity contribution in [1.82, 2.24) is 5.32 Å². The number of amides is 1. The molecule has 1 amide bonds. The van der Waals surface area contributed by atoms with E-state index in [1.807, 2.05) is 60.7 Å². The maximum absolute atomic E-state index is 12.9. The summed E-state index contributed by atoms with van der Waals surface area (Å²) < 4.78 is 10.6. The predicted molar refractivity (Wildman–Crippen MR) is 111 cm³/mol. The summed E-state index contributed by atoms with van der Waals surface area (Å²) in [6.07, 6.45) is 0. The zero-order chi connectivity index (χ0) is 20.2. The molecule has 4 aromatic rings.